The molecule has 0 saturated heterocycles. The fourth-order valence-corrected chi connectivity index (χ4v) is 10.7. The third kappa shape index (κ3) is 6.53. The molecule has 0 aliphatic heterocycles. The summed E-state index contributed by atoms with van der Waals surface area (Å²) in [5.74, 6) is 0. The van der Waals surface area contributed by atoms with Crippen LogP contribution >= 0.6 is 0 Å². The fraction of sp³-hybridized carbons (Fsp3) is 0. The van der Waals surface area contributed by atoms with Crippen LogP contribution in [0.15, 0.2) is 264 Å². The number of hydrogen-bond acceptors (Lipinski definition) is 3. The first-order valence-corrected chi connectivity index (χ1v) is 23.8. The molecule has 3 heterocycles. The van der Waals surface area contributed by atoms with E-state index in [-0.39, 0.29) is 0 Å². The van der Waals surface area contributed by atoms with Gasteiger partial charge >= 0.3 is 0 Å². The van der Waals surface area contributed by atoms with E-state index in [1.165, 1.54) is 22.3 Å². The predicted molar refractivity (Wildman–Crippen MR) is 292 cm³/mol. The molecule has 14 aromatic rings. The van der Waals surface area contributed by atoms with Crippen molar-refractivity contribution in [3.05, 3.63) is 255 Å². The topological polar surface area (TPSA) is 34.5 Å². The molecule has 328 valence electrons. The lowest BCUT2D eigenvalue weighted by Crippen LogP contribution is -2.10. The second-order valence-corrected chi connectivity index (χ2v) is 18.0. The standard InChI is InChI=1S/C66H42N2O2/c1-3-13-43(14-4-1)45-25-31-49(32-26-45)67(50-33-27-46(28-34-50)44-15-5-2-6-16-44)51-35-37-52(38-36-51)68-61-39-29-47(53-19-11-21-57-55-17-7-9-23-63(55)69-65(53)57)41-59(61)60-42-48(30-40-62(60)68)54-20-12-22-58-56-18-8-10-24-64(56)70-66(54)58/h1-42H. The molecule has 70 heavy (non-hydrogen) atoms. The van der Waals surface area contributed by atoms with Crippen LogP contribution in [0.25, 0.3) is 116 Å². The molecule has 0 saturated carbocycles. The summed E-state index contributed by atoms with van der Waals surface area (Å²) in [5.41, 5.74) is 19.2. The maximum absolute atomic E-state index is 6.58. The average Bonchev–Trinajstić information content (AvgIpc) is 4.12. The lowest BCUT2D eigenvalue weighted by Gasteiger charge is -2.26. The summed E-state index contributed by atoms with van der Waals surface area (Å²) in [6.45, 7) is 0. The van der Waals surface area contributed by atoms with E-state index in [9.17, 15) is 0 Å². The number of furan rings is 2. The lowest BCUT2D eigenvalue weighted by atomic mass is 9.98. The van der Waals surface area contributed by atoms with E-state index in [1.54, 1.807) is 0 Å². The summed E-state index contributed by atoms with van der Waals surface area (Å²) in [4.78, 5) is 2.34. The van der Waals surface area contributed by atoms with Gasteiger partial charge in [-0.2, -0.15) is 0 Å². The highest BCUT2D eigenvalue weighted by molar-refractivity contribution is 6.15. The molecule has 0 aliphatic carbocycles. The van der Waals surface area contributed by atoms with Gasteiger partial charge in [0.15, 0.2) is 0 Å². The van der Waals surface area contributed by atoms with Gasteiger partial charge in [-0.1, -0.05) is 170 Å². The van der Waals surface area contributed by atoms with Crippen molar-refractivity contribution in [2.75, 3.05) is 4.90 Å². The Hall–Kier alpha value is -9.38. The highest BCUT2D eigenvalue weighted by atomic mass is 16.3. The van der Waals surface area contributed by atoms with Crippen LogP contribution < -0.4 is 4.90 Å². The maximum atomic E-state index is 6.58. The molecule has 0 N–H and O–H groups in total. The van der Waals surface area contributed by atoms with Crippen LogP contribution in [0.4, 0.5) is 17.1 Å². The minimum Gasteiger partial charge on any atom is -0.455 e. The number of benzene rings is 11. The van der Waals surface area contributed by atoms with E-state index in [2.05, 4.69) is 240 Å². The molecular formula is C66H42N2O2. The summed E-state index contributed by atoms with van der Waals surface area (Å²) in [7, 11) is 0. The van der Waals surface area contributed by atoms with Crippen LogP contribution in [0, 0.1) is 0 Å². The smallest absolute Gasteiger partial charge is 0.143 e. The Kier molecular flexibility index (Phi) is 9.17. The molecule has 0 radical (unpaired) electrons. The van der Waals surface area contributed by atoms with E-state index in [0.29, 0.717) is 0 Å². The number of nitrogens with zero attached hydrogens (tertiary/aromatic N) is 2. The van der Waals surface area contributed by atoms with Gasteiger partial charge in [0.1, 0.15) is 22.3 Å². The Bertz CT molecular complexity index is 4000. The van der Waals surface area contributed by atoms with Gasteiger partial charge in [0.05, 0.1) is 11.0 Å². The molecule has 14 rings (SSSR count). The molecule has 3 aromatic heterocycles. The Morgan fingerprint density at radius 2 is 0.643 bits per heavy atom. The van der Waals surface area contributed by atoms with Crippen LogP contribution in [0.3, 0.4) is 0 Å². The van der Waals surface area contributed by atoms with Crippen molar-refractivity contribution in [1.82, 2.24) is 4.57 Å². The van der Waals surface area contributed by atoms with Gasteiger partial charge in [0.2, 0.25) is 0 Å². The zero-order valence-electron chi connectivity index (χ0n) is 38.0. The van der Waals surface area contributed by atoms with Gasteiger partial charge in [-0.05, 0) is 118 Å². The summed E-state index contributed by atoms with van der Waals surface area (Å²) >= 11 is 0. The van der Waals surface area contributed by atoms with Crippen LogP contribution in [-0.2, 0) is 0 Å². The highest BCUT2D eigenvalue weighted by Gasteiger charge is 2.20. The van der Waals surface area contributed by atoms with Crippen LogP contribution in [-0.4, -0.2) is 4.57 Å². The van der Waals surface area contributed by atoms with Crippen molar-refractivity contribution in [3.63, 3.8) is 0 Å². The number of rotatable bonds is 8. The molecule has 0 atom stereocenters. The third-order valence-electron chi connectivity index (χ3n) is 14.0. The molecule has 0 spiro atoms. The summed E-state index contributed by atoms with van der Waals surface area (Å²) in [6.07, 6.45) is 0. The van der Waals surface area contributed by atoms with Crippen molar-refractivity contribution >= 4 is 82.7 Å². The molecule has 0 aliphatic rings. The first-order valence-electron chi connectivity index (χ1n) is 23.8. The minimum atomic E-state index is 0.891. The Morgan fingerprint density at radius 1 is 0.271 bits per heavy atom. The second-order valence-electron chi connectivity index (χ2n) is 18.0. The fourth-order valence-electron chi connectivity index (χ4n) is 10.7. The molecule has 0 amide bonds. The monoisotopic (exact) mass is 894 g/mol. The number of hydrogen-bond donors (Lipinski definition) is 0. The van der Waals surface area contributed by atoms with E-state index >= 15 is 0 Å². The number of anilines is 3. The van der Waals surface area contributed by atoms with Gasteiger partial charge < -0.3 is 18.3 Å². The van der Waals surface area contributed by atoms with E-state index in [1.807, 2.05) is 24.3 Å². The normalized spacial score (nSPS) is 11.7. The lowest BCUT2D eigenvalue weighted by molar-refractivity contribution is 0.669. The maximum Gasteiger partial charge on any atom is 0.143 e. The first-order chi connectivity index (χ1) is 34.7. The number of fused-ring (bicyclic) bond motifs is 9. The van der Waals surface area contributed by atoms with Crippen molar-refractivity contribution in [3.8, 4) is 50.2 Å². The quantitative estimate of drug-likeness (QED) is 0.152. The summed E-state index contributed by atoms with van der Waals surface area (Å²) < 4.78 is 15.6. The van der Waals surface area contributed by atoms with E-state index < -0.39 is 0 Å². The number of aromatic nitrogens is 1. The molecule has 0 unspecified atom stereocenters. The molecule has 4 nitrogen and oxygen atoms in total. The number of para-hydroxylation sites is 4. The average molecular weight is 895 g/mol. The zero-order valence-corrected chi connectivity index (χ0v) is 38.0. The van der Waals surface area contributed by atoms with Crippen LogP contribution in [0.5, 0.6) is 0 Å². The van der Waals surface area contributed by atoms with Crippen molar-refractivity contribution in [2.24, 2.45) is 0 Å². The molecule has 4 heteroatoms. The molecule has 0 fully saturated rings. The van der Waals surface area contributed by atoms with Gasteiger partial charge in [0.25, 0.3) is 0 Å². The van der Waals surface area contributed by atoms with Gasteiger partial charge in [0, 0.05) is 66.2 Å². The van der Waals surface area contributed by atoms with Crippen molar-refractivity contribution in [1.29, 1.82) is 0 Å². The zero-order chi connectivity index (χ0) is 46.1. The van der Waals surface area contributed by atoms with Gasteiger partial charge in [-0.25, -0.2) is 0 Å². The SMILES string of the molecule is c1ccc(-c2ccc(N(c3ccc(-c4ccccc4)cc3)c3ccc(-n4c5ccc(-c6cccc7c6oc6ccccc67)cc5c5cc(-c6cccc7c6oc6ccccc67)ccc54)cc3)cc2)cc1. The summed E-state index contributed by atoms with van der Waals surface area (Å²) in [5, 5.41) is 6.79. The Balaban J connectivity index is 0.924. The Labute approximate surface area is 404 Å². The molecular weight excluding hydrogens is 853 g/mol. The molecule has 0 bridgehead atoms. The van der Waals surface area contributed by atoms with Gasteiger partial charge in [-0.15, -0.1) is 0 Å². The van der Waals surface area contributed by atoms with E-state index in [4.69, 9.17) is 8.83 Å². The Morgan fingerprint density at radius 3 is 1.10 bits per heavy atom. The predicted octanol–water partition coefficient (Wildman–Crippen LogP) is 18.7. The van der Waals surface area contributed by atoms with Crippen LogP contribution in [0.2, 0.25) is 0 Å². The van der Waals surface area contributed by atoms with Crippen molar-refractivity contribution < 1.29 is 8.83 Å². The van der Waals surface area contributed by atoms with Gasteiger partial charge in [-0.3, -0.25) is 0 Å². The van der Waals surface area contributed by atoms with Crippen molar-refractivity contribution in [2.45, 2.75) is 0 Å². The summed E-state index contributed by atoms with van der Waals surface area (Å²) in [6, 6.07) is 91.1. The third-order valence-corrected chi connectivity index (χ3v) is 14.0. The second kappa shape index (κ2) is 16.2. The largest absolute Gasteiger partial charge is 0.455 e. The molecule has 11 aromatic carbocycles. The highest BCUT2D eigenvalue weighted by Crippen LogP contribution is 2.43. The first kappa shape index (κ1) is 39.8. The van der Waals surface area contributed by atoms with Crippen LogP contribution in [0.1, 0.15) is 0 Å². The minimum absolute atomic E-state index is 0.891. The van der Waals surface area contributed by atoms with E-state index in [0.717, 1.165) is 111 Å².